The largest absolute Gasteiger partial charge is 0.479 e. The van der Waals surface area contributed by atoms with E-state index in [0.717, 1.165) is 6.42 Å². The predicted octanol–water partition coefficient (Wildman–Crippen LogP) is 2.99. The van der Waals surface area contributed by atoms with Crippen LogP contribution in [0, 0.1) is 0 Å². The molecule has 2 aromatic rings. The zero-order chi connectivity index (χ0) is 22.9. The van der Waals surface area contributed by atoms with E-state index in [1.165, 1.54) is 6.92 Å². The summed E-state index contributed by atoms with van der Waals surface area (Å²) in [4.78, 5) is 16.2. The van der Waals surface area contributed by atoms with Gasteiger partial charge in [-0.15, -0.1) is 0 Å². The summed E-state index contributed by atoms with van der Waals surface area (Å²) in [6.07, 6.45) is 2.90. The number of carbonyl (C=O) groups is 1. The first-order chi connectivity index (χ1) is 14.7. The molecular formula is C22H31N3O5S. The van der Waals surface area contributed by atoms with E-state index in [1.807, 2.05) is 13.0 Å². The zero-order valence-corrected chi connectivity index (χ0v) is 18.9. The van der Waals surface area contributed by atoms with Crippen LogP contribution in [0.4, 0.5) is 5.82 Å². The second-order valence-electron chi connectivity index (χ2n) is 7.56. The van der Waals surface area contributed by atoms with Gasteiger partial charge >= 0.3 is 5.97 Å². The van der Waals surface area contributed by atoms with Crippen molar-refractivity contribution in [3.05, 3.63) is 60.3 Å². The number of nitrogens with one attached hydrogen (secondary N) is 2. The molecule has 0 bridgehead atoms. The van der Waals surface area contributed by atoms with Gasteiger partial charge in [-0.25, -0.2) is 22.9 Å². The number of aromatic nitrogens is 1. The highest BCUT2D eigenvalue weighted by Gasteiger charge is 2.38. The molecule has 0 aliphatic heterocycles. The van der Waals surface area contributed by atoms with E-state index in [0.29, 0.717) is 17.8 Å². The highest BCUT2D eigenvalue weighted by molar-refractivity contribution is 7.89. The third-order valence-electron chi connectivity index (χ3n) is 5.03. The van der Waals surface area contributed by atoms with E-state index >= 15 is 0 Å². The van der Waals surface area contributed by atoms with E-state index in [1.54, 1.807) is 55.6 Å². The molecule has 8 nitrogen and oxygen atoms in total. The van der Waals surface area contributed by atoms with Crippen molar-refractivity contribution in [2.24, 2.45) is 0 Å². The van der Waals surface area contributed by atoms with Gasteiger partial charge in [0.15, 0.2) is 5.60 Å². The Kier molecular flexibility index (Phi) is 8.97. The van der Waals surface area contributed by atoms with Crippen molar-refractivity contribution in [2.75, 3.05) is 17.7 Å². The zero-order valence-electron chi connectivity index (χ0n) is 18.1. The summed E-state index contributed by atoms with van der Waals surface area (Å²) in [5, 5.41) is 13.0. The van der Waals surface area contributed by atoms with Gasteiger partial charge in [0.25, 0.3) is 0 Å². The Balaban J connectivity index is 2.23. The number of carboxylic acids is 1. The molecule has 2 rings (SSSR count). The smallest absolute Gasteiger partial charge is 0.340 e. The quantitative estimate of drug-likeness (QED) is 0.430. The molecule has 0 aliphatic carbocycles. The van der Waals surface area contributed by atoms with Crippen molar-refractivity contribution in [1.29, 1.82) is 0 Å². The van der Waals surface area contributed by atoms with Crippen LogP contribution in [0.2, 0.25) is 0 Å². The summed E-state index contributed by atoms with van der Waals surface area (Å²) < 4.78 is 33.7. The molecule has 0 saturated heterocycles. The molecule has 3 N–H and O–H groups in total. The number of anilines is 1. The van der Waals surface area contributed by atoms with Crippen molar-refractivity contribution in [1.82, 2.24) is 9.71 Å². The summed E-state index contributed by atoms with van der Waals surface area (Å²) >= 11 is 0. The van der Waals surface area contributed by atoms with Crippen molar-refractivity contribution in [3.8, 4) is 0 Å². The van der Waals surface area contributed by atoms with Gasteiger partial charge in [0.1, 0.15) is 5.82 Å². The number of sulfonamides is 1. The Morgan fingerprint density at radius 1 is 1.19 bits per heavy atom. The lowest BCUT2D eigenvalue weighted by Gasteiger charge is -2.31. The van der Waals surface area contributed by atoms with Crippen LogP contribution in [0.25, 0.3) is 0 Å². The fraction of sp³-hybridized carbons (Fsp3) is 0.455. The van der Waals surface area contributed by atoms with E-state index in [2.05, 4.69) is 15.0 Å². The summed E-state index contributed by atoms with van der Waals surface area (Å²) in [7, 11) is -3.57. The molecular weight excluding hydrogens is 418 g/mol. The maximum absolute atomic E-state index is 12.6. The molecule has 3 atom stereocenters. The van der Waals surface area contributed by atoms with E-state index in [4.69, 9.17) is 4.74 Å². The number of pyridine rings is 1. The van der Waals surface area contributed by atoms with E-state index in [9.17, 15) is 18.3 Å². The molecule has 9 heteroatoms. The number of hydrogen-bond donors (Lipinski definition) is 3. The number of ether oxygens (including phenoxy) is 1. The number of nitrogens with zero attached hydrogens (tertiary/aromatic N) is 1. The van der Waals surface area contributed by atoms with Gasteiger partial charge in [-0.2, -0.15) is 0 Å². The predicted molar refractivity (Wildman–Crippen MR) is 120 cm³/mol. The molecule has 1 aromatic heterocycles. The number of hydrogen-bond acceptors (Lipinski definition) is 6. The van der Waals surface area contributed by atoms with Crippen LogP contribution < -0.4 is 10.0 Å². The second-order valence-corrected chi connectivity index (χ2v) is 9.43. The van der Waals surface area contributed by atoms with Crippen LogP contribution in [-0.4, -0.2) is 48.9 Å². The summed E-state index contributed by atoms with van der Waals surface area (Å²) in [5.74, 6) is -0.584. The minimum absolute atomic E-state index is 0.00874. The van der Waals surface area contributed by atoms with Gasteiger partial charge in [0.2, 0.25) is 10.0 Å². The number of carboxylic acid groups (broad SMARTS) is 1. The molecule has 0 saturated carbocycles. The molecule has 170 valence electrons. The Hall–Kier alpha value is -2.49. The Bertz CT molecular complexity index is 925. The fourth-order valence-corrected chi connectivity index (χ4v) is 4.49. The fourth-order valence-electron chi connectivity index (χ4n) is 2.97. The minimum Gasteiger partial charge on any atom is -0.479 e. The Morgan fingerprint density at radius 3 is 2.45 bits per heavy atom. The van der Waals surface area contributed by atoms with E-state index in [-0.39, 0.29) is 12.4 Å². The van der Waals surface area contributed by atoms with Gasteiger partial charge in [-0.3, -0.25) is 0 Å². The second kappa shape index (κ2) is 11.2. The lowest BCUT2D eigenvalue weighted by molar-refractivity contribution is -0.166. The first-order valence-corrected chi connectivity index (χ1v) is 11.9. The molecule has 1 aromatic carbocycles. The van der Waals surface area contributed by atoms with Gasteiger partial charge in [0.05, 0.1) is 18.4 Å². The maximum Gasteiger partial charge on any atom is 0.340 e. The molecule has 0 spiro atoms. The minimum atomic E-state index is -3.57. The number of benzene rings is 1. The third kappa shape index (κ3) is 7.30. The van der Waals surface area contributed by atoms with Crippen molar-refractivity contribution < 1.29 is 23.1 Å². The molecule has 3 unspecified atom stereocenters. The maximum atomic E-state index is 12.6. The van der Waals surface area contributed by atoms with Crippen LogP contribution in [0.3, 0.4) is 0 Å². The van der Waals surface area contributed by atoms with Crippen LogP contribution in [-0.2, 0) is 25.2 Å². The average molecular weight is 450 g/mol. The highest BCUT2D eigenvalue weighted by atomic mass is 32.2. The van der Waals surface area contributed by atoms with Crippen LogP contribution in [0.5, 0.6) is 0 Å². The van der Waals surface area contributed by atoms with Crippen LogP contribution in [0.15, 0.2) is 54.7 Å². The van der Waals surface area contributed by atoms with Crippen LogP contribution in [0.1, 0.15) is 39.2 Å². The molecule has 0 radical (unpaired) electrons. The SMILES string of the molecule is CCCCS(=O)(=O)NC(COC(C)(C(=O)O)c1ccccc1)C(C)Nc1ccccn1. The molecule has 0 fully saturated rings. The molecule has 0 aliphatic rings. The summed E-state index contributed by atoms with van der Waals surface area (Å²) in [6, 6.07) is 12.8. The van der Waals surface area contributed by atoms with Crippen LogP contribution >= 0.6 is 0 Å². The number of aliphatic carboxylic acids is 1. The van der Waals surface area contributed by atoms with Crippen molar-refractivity contribution in [2.45, 2.75) is 51.3 Å². The molecule has 0 amide bonds. The first kappa shape index (κ1) is 24.8. The average Bonchev–Trinajstić information content (AvgIpc) is 2.76. The van der Waals surface area contributed by atoms with Gasteiger partial charge < -0.3 is 15.2 Å². The first-order valence-electron chi connectivity index (χ1n) is 10.3. The topological polar surface area (TPSA) is 118 Å². The number of rotatable bonds is 13. The highest BCUT2D eigenvalue weighted by Crippen LogP contribution is 2.26. The van der Waals surface area contributed by atoms with Gasteiger partial charge in [-0.05, 0) is 38.0 Å². The summed E-state index contributed by atoms with van der Waals surface area (Å²) in [5.41, 5.74) is -1.15. The Labute approximate surface area is 184 Å². The standard InChI is InChI=1S/C22H31N3O5S/c1-4-5-15-31(28,29)25-19(17(2)24-20-13-9-10-14-23-20)16-30-22(3,21(26)27)18-11-7-6-8-12-18/h6-14,17,19,25H,4-5,15-16H2,1-3H3,(H,23,24)(H,26,27). The molecule has 1 heterocycles. The molecule has 31 heavy (non-hydrogen) atoms. The lowest BCUT2D eigenvalue weighted by atomic mass is 9.96. The monoisotopic (exact) mass is 449 g/mol. The van der Waals surface area contributed by atoms with Crippen molar-refractivity contribution in [3.63, 3.8) is 0 Å². The third-order valence-corrected chi connectivity index (χ3v) is 6.51. The number of unbranched alkanes of at least 4 members (excludes halogenated alkanes) is 1. The Morgan fingerprint density at radius 2 is 1.87 bits per heavy atom. The lowest BCUT2D eigenvalue weighted by Crippen LogP contribution is -2.51. The van der Waals surface area contributed by atoms with E-state index < -0.39 is 33.7 Å². The van der Waals surface area contributed by atoms with Crippen molar-refractivity contribution >= 4 is 21.8 Å². The van der Waals surface area contributed by atoms with Gasteiger partial charge in [0, 0.05) is 12.2 Å². The van der Waals surface area contributed by atoms with Gasteiger partial charge in [-0.1, -0.05) is 49.7 Å². The summed E-state index contributed by atoms with van der Waals surface area (Å²) in [6.45, 7) is 5.03. The normalized spacial score (nSPS) is 15.6.